The van der Waals surface area contributed by atoms with Crippen molar-refractivity contribution >= 4 is 5.91 Å². The zero-order valence-electron chi connectivity index (χ0n) is 11.2. The first-order valence-electron chi connectivity index (χ1n) is 6.74. The molecule has 2 atom stereocenters. The molecule has 2 unspecified atom stereocenters. The lowest BCUT2D eigenvalue weighted by molar-refractivity contribution is -0.137. The van der Waals surface area contributed by atoms with Crippen LogP contribution in [0.4, 0.5) is 0 Å². The molecule has 100 valence electrons. The number of amides is 1. The molecular weight excluding hydrogens is 216 g/mol. The van der Waals surface area contributed by atoms with Gasteiger partial charge in [0.2, 0.25) is 5.91 Å². The fraction of sp³-hybridized carbons (Fsp3) is 0.923. The molecule has 1 saturated carbocycles. The molecule has 0 aliphatic heterocycles. The largest absolute Gasteiger partial charge is 0.365 e. The van der Waals surface area contributed by atoms with Crippen LogP contribution in [0.15, 0.2) is 0 Å². The number of nitrogens with two attached hydrogens (primary N) is 1. The van der Waals surface area contributed by atoms with Crippen LogP contribution in [0.2, 0.25) is 0 Å². The number of nitrogens with one attached hydrogen (secondary N) is 1. The van der Waals surface area contributed by atoms with Gasteiger partial charge in [0, 0.05) is 12.1 Å². The van der Waals surface area contributed by atoms with Crippen molar-refractivity contribution in [3.8, 4) is 0 Å². The molecule has 0 heterocycles. The lowest BCUT2D eigenvalue weighted by Gasteiger charge is -2.28. The van der Waals surface area contributed by atoms with Crippen LogP contribution in [0, 0.1) is 0 Å². The Morgan fingerprint density at radius 3 is 2.47 bits per heavy atom. The topological polar surface area (TPSA) is 64.3 Å². The van der Waals surface area contributed by atoms with Crippen LogP contribution in [-0.2, 0) is 9.53 Å². The van der Waals surface area contributed by atoms with Gasteiger partial charge < -0.3 is 15.8 Å². The van der Waals surface area contributed by atoms with Crippen molar-refractivity contribution in [2.24, 2.45) is 5.73 Å². The van der Waals surface area contributed by atoms with Crippen molar-refractivity contribution in [3.05, 3.63) is 0 Å². The summed E-state index contributed by atoms with van der Waals surface area (Å²) in [5.74, 6) is -0.00535. The van der Waals surface area contributed by atoms with Gasteiger partial charge in [-0.3, -0.25) is 4.79 Å². The van der Waals surface area contributed by atoms with Gasteiger partial charge in [-0.15, -0.1) is 0 Å². The summed E-state index contributed by atoms with van der Waals surface area (Å²) in [6.45, 7) is 5.88. The van der Waals surface area contributed by atoms with Gasteiger partial charge in [0.1, 0.15) is 6.10 Å². The highest BCUT2D eigenvalue weighted by Gasteiger charge is 2.24. The second-order valence-electron chi connectivity index (χ2n) is 5.13. The molecule has 1 rings (SSSR count). The number of hydrogen-bond donors (Lipinski definition) is 2. The van der Waals surface area contributed by atoms with Crippen molar-refractivity contribution in [3.63, 3.8) is 0 Å². The third kappa shape index (κ3) is 5.04. The Labute approximate surface area is 104 Å². The highest BCUT2D eigenvalue weighted by Crippen LogP contribution is 2.21. The summed E-state index contributed by atoms with van der Waals surface area (Å²) >= 11 is 0. The molecule has 0 aromatic heterocycles. The van der Waals surface area contributed by atoms with Gasteiger partial charge in [0.05, 0.1) is 6.10 Å². The van der Waals surface area contributed by atoms with Gasteiger partial charge >= 0.3 is 0 Å². The van der Waals surface area contributed by atoms with Gasteiger partial charge in [0.15, 0.2) is 0 Å². The Kier molecular flexibility index (Phi) is 5.92. The maximum absolute atomic E-state index is 11.8. The zero-order valence-corrected chi connectivity index (χ0v) is 11.2. The van der Waals surface area contributed by atoms with Gasteiger partial charge in [-0.05, 0) is 46.0 Å². The maximum Gasteiger partial charge on any atom is 0.249 e. The molecule has 0 bridgehead atoms. The van der Waals surface area contributed by atoms with Crippen LogP contribution >= 0.6 is 0 Å². The molecule has 4 nitrogen and oxygen atoms in total. The highest BCUT2D eigenvalue weighted by molar-refractivity contribution is 5.80. The van der Waals surface area contributed by atoms with Crippen molar-refractivity contribution in [2.45, 2.75) is 77.2 Å². The van der Waals surface area contributed by atoms with Crippen molar-refractivity contribution in [2.75, 3.05) is 0 Å². The van der Waals surface area contributed by atoms with Crippen LogP contribution < -0.4 is 11.1 Å². The fourth-order valence-electron chi connectivity index (χ4n) is 2.04. The standard InChI is InChI=1S/C13H26N2O2/c1-4-9(2)15-13(16)10(3)17-12-7-5-11(14)6-8-12/h9-12H,4-8,14H2,1-3H3,(H,15,16). The molecule has 0 aromatic carbocycles. The smallest absolute Gasteiger partial charge is 0.249 e. The monoisotopic (exact) mass is 242 g/mol. The normalized spacial score (nSPS) is 28.5. The average molecular weight is 242 g/mol. The molecule has 0 aromatic rings. The number of carbonyl (C=O) groups is 1. The van der Waals surface area contributed by atoms with Crippen LogP contribution in [0.3, 0.4) is 0 Å². The Morgan fingerprint density at radius 2 is 1.94 bits per heavy atom. The lowest BCUT2D eigenvalue weighted by Crippen LogP contribution is -2.42. The predicted octanol–water partition coefficient (Wildman–Crippen LogP) is 1.58. The molecule has 0 radical (unpaired) electrons. The van der Waals surface area contributed by atoms with E-state index in [0.29, 0.717) is 6.04 Å². The number of ether oxygens (including phenoxy) is 1. The molecule has 0 spiro atoms. The lowest BCUT2D eigenvalue weighted by atomic mass is 9.93. The van der Waals surface area contributed by atoms with E-state index in [2.05, 4.69) is 12.2 Å². The van der Waals surface area contributed by atoms with E-state index >= 15 is 0 Å². The van der Waals surface area contributed by atoms with Crippen molar-refractivity contribution < 1.29 is 9.53 Å². The van der Waals surface area contributed by atoms with Gasteiger partial charge in [0.25, 0.3) is 0 Å². The molecule has 0 saturated heterocycles. The summed E-state index contributed by atoms with van der Waals surface area (Å²) in [7, 11) is 0. The Balaban J connectivity index is 2.28. The van der Waals surface area contributed by atoms with Crippen LogP contribution in [-0.4, -0.2) is 30.2 Å². The number of hydrogen-bond acceptors (Lipinski definition) is 3. The van der Waals surface area contributed by atoms with E-state index in [9.17, 15) is 4.79 Å². The van der Waals surface area contributed by atoms with E-state index in [1.807, 2.05) is 13.8 Å². The summed E-state index contributed by atoms with van der Waals surface area (Å²) in [6, 6.07) is 0.535. The second-order valence-corrected chi connectivity index (χ2v) is 5.13. The third-order valence-corrected chi connectivity index (χ3v) is 3.49. The fourth-order valence-corrected chi connectivity index (χ4v) is 2.04. The van der Waals surface area contributed by atoms with E-state index < -0.39 is 0 Å². The first-order chi connectivity index (χ1) is 8.02. The van der Waals surface area contributed by atoms with Crippen LogP contribution in [0.25, 0.3) is 0 Å². The Hall–Kier alpha value is -0.610. The minimum absolute atomic E-state index is 0.00535. The maximum atomic E-state index is 11.8. The molecule has 1 amide bonds. The first-order valence-corrected chi connectivity index (χ1v) is 6.74. The summed E-state index contributed by atoms with van der Waals surface area (Å²) in [5, 5.41) is 2.94. The SMILES string of the molecule is CCC(C)NC(=O)C(C)OC1CCC(N)CC1. The van der Waals surface area contributed by atoms with E-state index in [4.69, 9.17) is 10.5 Å². The summed E-state index contributed by atoms with van der Waals surface area (Å²) < 4.78 is 5.78. The molecule has 1 fully saturated rings. The van der Waals surface area contributed by atoms with Crippen LogP contribution in [0.1, 0.15) is 52.9 Å². The van der Waals surface area contributed by atoms with E-state index in [1.54, 1.807) is 0 Å². The summed E-state index contributed by atoms with van der Waals surface area (Å²) in [4.78, 5) is 11.8. The minimum atomic E-state index is -0.358. The first kappa shape index (κ1) is 14.5. The van der Waals surface area contributed by atoms with Crippen molar-refractivity contribution in [1.82, 2.24) is 5.32 Å². The van der Waals surface area contributed by atoms with Crippen LogP contribution in [0.5, 0.6) is 0 Å². The molecule has 1 aliphatic rings. The Bertz CT molecular complexity index is 238. The minimum Gasteiger partial charge on any atom is -0.365 e. The molecule has 3 N–H and O–H groups in total. The summed E-state index contributed by atoms with van der Waals surface area (Å²) in [5.41, 5.74) is 5.84. The van der Waals surface area contributed by atoms with E-state index in [0.717, 1.165) is 32.1 Å². The molecule has 1 aliphatic carbocycles. The highest BCUT2D eigenvalue weighted by atomic mass is 16.5. The van der Waals surface area contributed by atoms with Gasteiger partial charge in [-0.2, -0.15) is 0 Å². The molecular formula is C13H26N2O2. The summed E-state index contributed by atoms with van der Waals surface area (Å²) in [6.07, 6.45) is 4.74. The molecule has 17 heavy (non-hydrogen) atoms. The van der Waals surface area contributed by atoms with Crippen molar-refractivity contribution in [1.29, 1.82) is 0 Å². The van der Waals surface area contributed by atoms with E-state index in [-0.39, 0.29) is 24.2 Å². The zero-order chi connectivity index (χ0) is 12.8. The number of rotatable bonds is 5. The third-order valence-electron chi connectivity index (χ3n) is 3.49. The van der Waals surface area contributed by atoms with Gasteiger partial charge in [-0.1, -0.05) is 6.92 Å². The Morgan fingerprint density at radius 1 is 1.35 bits per heavy atom. The number of carbonyl (C=O) groups excluding carboxylic acids is 1. The van der Waals surface area contributed by atoms with Gasteiger partial charge in [-0.25, -0.2) is 0 Å². The average Bonchev–Trinajstić information content (AvgIpc) is 2.31. The second kappa shape index (κ2) is 6.97. The quantitative estimate of drug-likeness (QED) is 0.769. The predicted molar refractivity (Wildman–Crippen MR) is 68.7 cm³/mol. The van der Waals surface area contributed by atoms with E-state index in [1.165, 1.54) is 0 Å². The molecule has 4 heteroatoms.